The van der Waals surface area contributed by atoms with E-state index in [0.717, 1.165) is 15.1 Å². The molecule has 0 aromatic rings. The van der Waals surface area contributed by atoms with Crippen molar-refractivity contribution in [3.8, 4) is 0 Å². The lowest BCUT2D eigenvalue weighted by atomic mass is 10.2. The minimum absolute atomic E-state index is 1.02. The molecule has 0 fully saturated rings. The molecular formula is C8H14NP. The fourth-order valence-corrected chi connectivity index (χ4v) is 1.79. The first-order valence-electron chi connectivity index (χ1n) is 3.67. The minimum atomic E-state index is 1.02. The van der Waals surface area contributed by atoms with Crippen LogP contribution >= 0.6 is 8.58 Å². The Morgan fingerprint density at radius 2 is 2.60 bits per heavy atom. The Morgan fingerprint density at radius 1 is 1.70 bits per heavy atom. The minimum Gasteiger partial charge on any atom is -0.319 e. The van der Waals surface area contributed by atoms with Gasteiger partial charge < -0.3 is 5.32 Å². The molecule has 2 heteroatoms. The Hall–Kier alpha value is -0.130. The molecule has 0 saturated carbocycles. The van der Waals surface area contributed by atoms with Crippen molar-refractivity contribution < 1.29 is 0 Å². The van der Waals surface area contributed by atoms with Gasteiger partial charge in [-0.1, -0.05) is 32.1 Å². The van der Waals surface area contributed by atoms with E-state index in [0.29, 0.717) is 0 Å². The molecule has 56 valence electrons. The summed E-state index contributed by atoms with van der Waals surface area (Å²) in [6.07, 6.45) is 7.03. The summed E-state index contributed by atoms with van der Waals surface area (Å²) >= 11 is 0. The van der Waals surface area contributed by atoms with Crippen LogP contribution in [0, 0.1) is 0 Å². The molecule has 0 radical (unpaired) electrons. The zero-order valence-corrected chi connectivity index (χ0v) is 7.35. The van der Waals surface area contributed by atoms with Crippen molar-refractivity contribution in [1.29, 1.82) is 0 Å². The Morgan fingerprint density at radius 3 is 3.20 bits per heavy atom. The number of allylic oxidation sites excluding steroid dienone is 2. The van der Waals surface area contributed by atoms with E-state index in [2.05, 4.69) is 23.3 Å². The summed E-state index contributed by atoms with van der Waals surface area (Å²) in [4.78, 5) is 0. The third-order valence-electron chi connectivity index (χ3n) is 1.56. The molecule has 0 aromatic heterocycles. The van der Waals surface area contributed by atoms with Crippen LogP contribution in [0.25, 0.3) is 0 Å². The van der Waals surface area contributed by atoms with Crippen LogP contribution in [0.2, 0.25) is 0 Å². The molecular weight excluding hydrogens is 141 g/mol. The lowest BCUT2D eigenvalue weighted by Crippen LogP contribution is -2.08. The molecule has 1 N–H and O–H groups in total. The lowest BCUT2D eigenvalue weighted by molar-refractivity contribution is 0.793. The van der Waals surface area contributed by atoms with Crippen LogP contribution in [-0.2, 0) is 0 Å². The summed E-state index contributed by atoms with van der Waals surface area (Å²) in [5.74, 6) is 2.28. The molecule has 0 bridgehead atoms. The Balaban J connectivity index is 2.26. The first-order valence-corrected chi connectivity index (χ1v) is 4.95. The number of hydrogen-bond donors (Lipinski definition) is 1. The van der Waals surface area contributed by atoms with Gasteiger partial charge in [-0.05, 0) is 26.2 Å². The average molecular weight is 155 g/mol. The van der Waals surface area contributed by atoms with Gasteiger partial charge in [0, 0.05) is 0 Å². The van der Waals surface area contributed by atoms with Crippen LogP contribution in [0.3, 0.4) is 0 Å². The van der Waals surface area contributed by atoms with Crippen molar-refractivity contribution >= 4 is 8.58 Å². The highest BCUT2D eigenvalue weighted by molar-refractivity contribution is 7.41. The number of rotatable bonds is 3. The van der Waals surface area contributed by atoms with Crippen LogP contribution in [0.5, 0.6) is 0 Å². The zero-order chi connectivity index (χ0) is 7.23. The number of nitrogens with one attached hydrogen (secondary N) is 1. The summed E-state index contributed by atoms with van der Waals surface area (Å²) in [5, 5.41) is 3.14. The largest absolute Gasteiger partial charge is 0.319 e. The topological polar surface area (TPSA) is 12.0 Å². The molecule has 0 aromatic carbocycles. The summed E-state index contributed by atoms with van der Waals surface area (Å²) in [5.41, 5.74) is 1.49. The highest BCUT2D eigenvalue weighted by Gasteiger charge is 1.94. The van der Waals surface area contributed by atoms with E-state index in [1.165, 1.54) is 18.2 Å². The first kappa shape index (κ1) is 7.97. The van der Waals surface area contributed by atoms with Crippen molar-refractivity contribution in [3.63, 3.8) is 0 Å². The van der Waals surface area contributed by atoms with Gasteiger partial charge in [-0.15, -0.1) is 0 Å². The fourth-order valence-electron chi connectivity index (χ4n) is 0.947. The highest BCUT2D eigenvalue weighted by Crippen LogP contribution is 2.20. The maximum absolute atomic E-state index is 3.14. The lowest BCUT2D eigenvalue weighted by Gasteiger charge is -2.05. The summed E-state index contributed by atoms with van der Waals surface area (Å²) in [6, 6.07) is 0. The van der Waals surface area contributed by atoms with Gasteiger partial charge in [-0.3, -0.25) is 0 Å². The maximum Gasteiger partial charge on any atom is -0.00115 e. The first-order chi connectivity index (χ1) is 4.93. The average Bonchev–Trinajstić information content (AvgIpc) is 2.03. The van der Waals surface area contributed by atoms with E-state index in [9.17, 15) is 0 Å². The molecule has 0 spiro atoms. The predicted molar refractivity (Wildman–Crippen MR) is 48.9 cm³/mol. The summed E-state index contributed by atoms with van der Waals surface area (Å²) in [6.45, 7) is 1.10. The van der Waals surface area contributed by atoms with Crippen LogP contribution in [0.1, 0.15) is 6.42 Å². The van der Waals surface area contributed by atoms with Gasteiger partial charge in [-0.25, -0.2) is 0 Å². The Labute approximate surface area is 64.4 Å². The molecule has 1 nitrogen and oxygen atoms in total. The van der Waals surface area contributed by atoms with E-state index >= 15 is 0 Å². The third kappa shape index (κ3) is 2.64. The van der Waals surface area contributed by atoms with Crippen LogP contribution in [0.15, 0.2) is 23.5 Å². The second kappa shape index (κ2) is 4.65. The van der Waals surface area contributed by atoms with E-state index in [-0.39, 0.29) is 0 Å². The van der Waals surface area contributed by atoms with Crippen molar-refractivity contribution in [2.75, 3.05) is 19.8 Å². The number of hydrogen-bond acceptors (Lipinski definition) is 1. The van der Waals surface area contributed by atoms with Gasteiger partial charge in [0.2, 0.25) is 0 Å². The van der Waals surface area contributed by atoms with Crippen molar-refractivity contribution in [1.82, 2.24) is 5.32 Å². The second-order valence-corrected chi connectivity index (χ2v) is 3.52. The third-order valence-corrected chi connectivity index (χ3v) is 2.40. The van der Waals surface area contributed by atoms with Crippen LogP contribution in [0.4, 0.5) is 0 Å². The maximum atomic E-state index is 3.14. The molecule has 0 amide bonds. The molecule has 0 saturated heterocycles. The molecule has 10 heavy (non-hydrogen) atoms. The smallest absolute Gasteiger partial charge is 0.00115 e. The van der Waals surface area contributed by atoms with Crippen molar-refractivity contribution in [3.05, 3.63) is 23.5 Å². The highest BCUT2D eigenvalue weighted by atomic mass is 31.1. The van der Waals surface area contributed by atoms with E-state index in [4.69, 9.17) is 0 Å². The van der Waals surface area contributed by atoms with Crippen molar-refractivity contribution in [2.45, 2.75) is 6.42 Å². The Kier molecular flexibility index (Phi) is 3.71. The van der Waals surface area contributed by atoms with Gasteiger partial charge >= 0.3 is 0 Å². The molecule has 0 aliphatic carbocycles. The van der Waals surface area contributed by atoms with Crippen molar-refractivity contribution in [2.24, 2.45) is 0 Å². The molecule has 1 aliphatic heterocycles. The quantitative estimate of drug-likeness (QED) is 0.612. The van der Waals surface area contributed by atoms with Crippen LogP contribution < -0.4 is 5.32 Å². The summed E-state index contributed by atoms with van der Waals surface area (Å²) < 4.78 is 0. The van der Waals surface area contributed by atoms with E-state index < -0.39 is 0 Å². The molecule has 1 aliphatic rings. The van der Waals surface area contributed by atoms with E-state index in [1.807, 2.05) is 7.05 Å². The Bertz CT molecular complexity index is 149. The standard InChI is InChI=1S/C8H14NP/c1-9-5-2-8-3-6-10-7-4-8/h3-4,6,9-10H,2,5,7H2,1H3. The van der Waals surface area contributed by atoms with Gasteiger partial charge in [0.05, 0.1) is 0 Å². The monoisotopic (exact) mass is 155 g/mol. The SMILES string of the molecule is CNCCC1=CCPC=C1. The molecule has 1 unspecified atom stereocenters. The molecule has 1 rings (SSSR count). The molecule has 1 heterocycles. The van der Waals surface area contributed by atoms with Gasteiger partial charge in [-0.2, -0.15) is 0 Å². The second-order valence-electron chi connectivity index (χ2n) is 2.37. The van der Waals surface area contributed by atoms with Gasteiger partial charge in [0.15, 0.2) is 0 Å². The zero-order valence-electron chi connectivity index (χ0n) is 6.35. The van der Waals surface area contributed by atoms with Gasteiger partial charge in [0.25, 0.3) is 0 Å². The summed E-state index contributed by atoms with van der Waals surface area (Å²) in [7, 11) is 3.01. The predicted octanol–water partition coefficient (Wildman–Crippen LogP) is 1.73. The van der Waals surface area contributed by atoms with Crippen LogP contribution in [-0.4, -0.2) is 19.8 Å². The normalized spacial score (nSPS) is 19.5. The molecule has 1 atom stereocenters. The fraction of sp³-hybridized carbons (Fsp3) is 0.500. The van der Waals surface area contributed by atoms with Gasteiger partial charge in [0.1, 0.15) is 0 Å². The van der Waals surface area contributed by atoms with E-state index in [1.54, 1.807) is 0 Å².